The summed E-state index contributed by atoms with van der Waals surface area (Å²) in [5, 5.41) is 12.9. The van der Waals surface area contributed by atoms with E-state index < -0.39 is 12.0 Å². The van der Waals surface area contributed by atoms with Crippen LogP contribution < -0.4 is 5.32 Å². The lowest BCUT2D eigenvalue weighted by Crippen LogP contribution is -2.47. The highest BCUT2D eigenvalue weighted by atomic mass is 32.2. The summed E-state index contributed by atoms with van der Waals surface area (Å²) in [7, 11) is 0. The molecule has 2 N–H and O–H groups in total. The van der Waals surface area contributed by atoms with Crippen molar-refractivity contribution < 1.29 is 14.7 Å². The van der Waals surface area contributed by atoms with Crippen LogP contribution in [0.15, 0.2) is 0 Å². The Balaban J connectivity index is 2.04. The van der Waals surface area contributed by atoms with E-state index in [-0.39, 0.29) is 12.1 Å². The molecule has 1 aliphatic rings. The monoisotopic (exact) mass is 315 g/mol. The van der Waals surface area contributed by atoms with Crippen molar-refractivity contribution in [1.29, 1.82) is 0 Å². The summed E-state index contributed by atoms with van der Waals surface area (Å²) in [6.07, 6.45) is 0. The van der Waals surface area contributed by atoms with Crippen molar-refractivity contribution in [3.8, 4) is 0 Å². The van der Waals surface area contributed by atoms with E-state index in [4.69, 9.17) is 5.11 Å². The fourth-order valence-corrected chi connectivity index (χ4v) is 4.20. The Hall–Kier alpha value is -1.28. The summed E-state index contributed by atoms with van der Waals surface area (Å²) in [4.78, 5) is 30.0. The maximum Gasteiger partial charge on any atom is 0.327 e. The summed E-state index contributed by atoms with van der Waals surface area (Å²) in [5.41, 5.74) is 0.908. The molecule has 8 heteroatoms. The van der Waals surface area contributed by atoms with Crippen molar-refractivity contribution in [3.63, 3.8) is 0 Å². The fourth-order valence-electron chi connectivity index (χ4n) is 2.13. The predicted molar refractivity (Wildman–Crippen MR) is 79.1 cm³/mol. The number of thiazole rings is 1. The highest BCUT2D eigenvalue weighted by Crippen LogP contribution is 2.26. The number of carbonyl (C=O) groups is 2. The number of thioether (sulfide) groups is 1. The van der Waals surface area contributed by atoms with E-state index in [9.17, 15) is 9.59 Å². The second-order valence-corrected chi connectivity index (χ2v) is 6.91. The molecule has 1 fully saturated rings. The first-order valence-electron chi connectivity index (χ1n) is 6.21. The van der Waals surface area contributed by atoms with Gasteiger partial charge in [-0.1, -0.05) is 0 Å². The number of urea groups is 1. The van der Waals surface area contributed by atoms with Crippen molar-refractivity contribution >= 4 is 35.1 Å². The van der Waals surface area contributed by atoms with E-state index >= 15 is 0 Å². The quantitative estimate of drug-likeness (QED) is 0.891. The zero-order valence-electron chi connectivity index (χ0n) is 11.5. The van der Waals surface area contributed by atoms with Crippen molar-refractivity contribution in [2.45, 2.75) is 32.9 Å². The SMILES string of the molecule is Cc1nc(C)c(C(C)NC(=O)N2CSC[C@H]2C(=O)O)s1. The number of hydrogen-bond donors (Lipinski definition) is 2. The van der Waals surface area contributed by atoms with Crippen LogP contribution in [0.3, 0.4) is 0 Å². The molecule has 0 aromatic carbocycles. The Morgan fingerprint density at radius 3 is 2.75 bits per heavy atom. The summed E-state index contributed by atoms with van der Waals surface area (Å²) >= 11 is 3.00. The van der Waals surface area contributed by atoms with Crippen molar-refractivity contribution in [2.75, 3.05) is 11.6 Å². The number of carboxylic acid groups (broad SMARTS) is 1. The van der Waals surface area contributed by atoms with Crippen LogP contribution in [0, 0.1) is 13.8 Å². The molecule has 0 radical (unpaired) electrons. The van der Waals surface area contributed by atoms with Gasteiger partial charge in [0.25, 0.3) is 0 Å². The molecule has 1 aromatic heterocycles. The van der Waals surface area contributed by atoms with Crippen LogP contribution in [0.4, 0.5) is 4.79 Å². The molecule has 1 saturated heterocycles. The first-order chi connectivity index (χ1) is 9.40. The lowest BCUT2D eigenvalue weighted by molar-refractivity contribution is -0.140. The van der Waals surface area contributed by atoms with Crippen LogP contribution in [-0.4, -0.2) is 44.7 Å². The summed E-state index contributed by atoms with van der Waals surface area (Å²) in [5.74, 6) is -0.103. The first kappa shape index (κ1) is 15.1. The molecule has 0 aliphatic carbocycles. The number of rotatable bonds is 3. The fraction of sp³-hybridized carbons (Fsp3) is 0.583. The van der Waals surface area contributed by atoms with Gasteiger partial charge >= 0.3 is 12.0 Å². The minimum atomic E-state index is -0.956. The van der Waals surface area contributed by atoms with Crippen molar-refractivity contribution in [3.05, 3.63) is 15.6 Å². The largest absolute Gasteiger partial charge is 0.480 e. The molecule has 2 heterocycles. The highest BCUT2D eigenvalue weighted by Gasteiger charge is 2.35. The molecule has 2 rings (SSSR count). The van der Waals surface area contributed by atoms with Gasteiger partial charge in [0.05, 0.1) is 22.6 Å². The van der Waals surface area contributed by atoms with Gasteiger partial charge in [-0.25, -0.2) is 14.6 Å². The number of nitrogens with one attached hydrogen (secondary N) is 1. The molecular formula is C12H17N3O3S2. The predicted octanol–water partition coefficient (Wildman–Crippen LogP) is 1.99. The molecule has 1 unspecified atom stereocenters. The zero-order chi connectivity index (χ0) is 14.9. The molecular weight excluding hydrogens is 298 g/mol. The van der Waals surface area contributed by atoms with E-state index in [0.717, 1.165) is 15.6 Å². The first-order valence-corrected chi connectivity index (χ1v) is 8.19. The number of amides is 2. The van der Waals surface area contributed by atoms with Gasteiger partial charge in [0.2, 0.25) is 0 Å². The lowest BCUT2D eigenvalue weighted by atomic mass is 10.2. The molecule has 0 spiro atoms. The minimum absolute atomic E-state index is 0.172. The lowest BCUT2D eigenvalue weighted by Gasteiger charge is -2.23. The average molecular weight is 315 g/mol. The normalized spacial score (nSPS) is 19.9. The van der Waals surface area contributed by atoms with E-state index in [0.29, 0.717) is 11.6 Å². The van der Waals surface area contributed by atoms with Crippen LogP contribution in [0.25, 0.3) is 0 Å². The average Bonchev–Trinajstić information content (AvgIpc) is 2.95. The van der Waals surface area contributed by atoms with E-state index in [2.05, 4.69) is 10.3 Å². The maximum absolute atomic E-state index is 12.2. The van der Waals surface area contributed by atoms with Crippen LogP contribution in [0.2, 0.25) is 0 Å². The number of aliphatic carboxylic acids is 1. The Morgan fingerprint density at radius 2 is 2.20 bits per heavy atom. The molecule has 2 atom stereocenters. The van der Waals surface area contributed by atoms with Gasteiger partial charge in [0.1, 0.15) is 6.04 Å². The van der Waals surface area contributed by atoms with Crippen LogP contribution >= 0.6 is 23.1 Å². The zero-order valence-corrected chi connectivity index (χ0v) is 13.2. The van der Waals surface area contributed by atoms with Crippen LogP contribution in [0.1, 0.15) is 28.5 Å². The number of nitrogens with zero attached hydrogens (tertiary/aromatic N) is 2. The van der Waals surface area contributed by atoms with E-state index in [1.54, 1.807) is 11.3 Å². The third-order valence-corrected chi connectivity index (χ3v) is 5.37. The van der Waals surface area contributed by atoms with E-state index in [1.165, 1.54) is 16.7 Å². The summed E-state index contributed by atoms with van der Waals surface area (Å²) in [6, 6.07) is -1.24. The smallest absolute Gasteiger partial charge is 0.327 e. The van der Waals surface area contributed by atoms with Gasteiger partial charge in [-0.05, 0) is 20.8 Å². The second-order valence-electron chi connectivity index (χ2n) is 4.68. The number of aromatic nitrogens is 1. The Kier molecular flexibility index (Phi) is 4.54. The molecule has 110 valence electrons. The molecule has 0 saturated carbocycles. The molecule has 1 aromatic rings. The molecule has 1 aliphatic heterocycles. The van der Waals surface area contributed by atoms with Gasteiger partial charge in [-0.2, -0.15) is 0 Å². The number of hydrogen-bond acceptors (Lipinski definition) is 5. The summed E-state index contributed by atoms with van der Waals surface area (Å²) < 4.78 is 0. The maximum atomic E-state index is 12.2. The molecule has 20 heavy (non-hydrogen) atoms. The standard InChI is InChI=1S/C12H17N3O3S2/c1-6-10(20-8(3)13-6)7(2)14-12(18)15-5-19-4-9(15)11(16)17/h7,9H,4-5H2,1-3H3,(H,14,18)(H,16,17)/t7?,9-/m0/s1. The number of carboxylic acids is 1. The van der Waals surface area contributed by atoms with Crippen molar-refractivity contribution in [1.82, 2.24) is 15.2 Å². The minimum Gasteiger partial charge on any atom is -0.480 e. The van der Waals surface area contributed by atoms with Crippen molar-refractivity contribution in [2.24, 2.45) is 0 Å². The van der Waals surface area contributed by atoms with Gasteiger partial charge < -0.3 is 15.3 Å². The Bertz CT molecular complexity index is 532. The highest BCUT2D eigenvalue weighted by molar-refractivity contribution is 7.99. The summed E-state index contributed by atoms with van der Waals surface area (Å²) in [6.45, 7) is 5.72. The van der Waals surface area contributed by atoms with Gasteiger partial charge in [-0.15, -0.1) is 23.1 Å². The Labute approximate surface area is 125 Å². The van der Waals surface area contributed by atoms with Gasteiger partial charge in [-0.3, -0.25) is 0 Å². The van der Waals surface area contributed by atoms with E-state index in [1.807, 2.05) is 20.8 Å². The van der Waals surface area contributed by atoms with Gasteiger partial charge in [0, 0.05) is 10.6 Å². The molecule has 6 nitrogen and oxygen atoms in total. The van der Waals surface area contributed by atoms with Crippen LogP contribution in [0.5, 0.6) is 0 Å². The second kappa shape index (κ2) is 6.01. The third-order valence-electron chi connectivity index (χ3n) is 3.10. The number of aryl methyl sites for hydroxylation is 2. The third kappa shape index (κ3) is 3.06. The molecule has 2 amide bonds. The van der Waals surface area contributed by atoms with Crippen LogP contribution in [-0.2, 0) is 4.79 Å². The number of carbonyl (C=O) groups excluding carboxylic acids is 1. The van der Waals surface area contributed by atoms with Gasteiger partial charge in [0.15, 0.2) is 0 Å². The Morgan fingerprint density at radius 1 is 1.50 bits per heavy atom. The topological polar surface area (TPSA) is 82.5 Å². The molecule has 0 bridgehead atoms.